The summed E-state index contributed by atoms with van der Waals surface area (Å²) >= 11 is 0. The van der Waals surface area contributed by atoms with Crippen LogP contribution in [0.5, 0.6) is 0 Å². The van der Waals surface area contributed by atoms with Gasteiger partial charge in [0, 0.05) is 90.8 Å². The number of hydrogen-bond donors (Lipinski definition) is 1. The number of carbonyl (C=O) groups excluding carboxylic acids is 4. The Bertz CT molecular complexity index is 2010. The van der Waals surface area contributed by atoms with Gasteiger partial charge in [0.05, 0.1) is 36.2 Å². The van der Waals surface area contributed by atoms with Gasteiger partial charge >= 0.3 is 6.03 Å². The van der Waals surface area contributed by atoms with Gasteiger partial charge in [0.1, 0.15) is 23.3 Å². The van der Waals surface area contributed by atoms with Gasteiger partial charge in [0.25, 0.3) is 11.5 Å². The molecule has 1 saturated carbocycles. The predicted molar refractivity (Wildman–Crippen MR) is 205 cm³/mol. The van der Waals surface area contributed by atoms with Crippen molar-refractivity contribution in [1.29, 1.82) is 0 Å². The molecule has 4 saturated heterocycles. The summed E-state index contributed by atoms with van der Waals surface area (Å²) in [6.45, 7) is 7.77. The molecule has 1 unspecified atom stereocenters. The molecule has 1 aromatic carbocycles. The van der Waals surface area contributed by atoms with Crippen LogP contribution >= 0.6 is 0 Å². The lowest BCUT2D eigenvalue weighted by Crippen LogP contribution is -2.49. The smallest absolute Gasteiger partial charge is 0.320 e. The minimum absolute atomic E-state index is 0.0708. The van der Waals surface area contributed by atoms with Crippen LogP contribution in [0.2, 0.25) is 0 Å². The van der Waals surface area contributed by atoms with Gasteiger partial charge in [0.2, 0.25) is 0 Å². The monoisotopic (exact) mass is 750 g/mol. The molecular formula is C40H50N10O5. The molecule has 0 spiro atoms. The Balaban J connectivity index is 0.818. The average molecular weight is 751 g/mol. The second kappa shape index (κ2) is 15.5. The van der Waals surface area contributed by atoms with Gasteiger partial charge in [-0.3, -0.25) is 19.2 Å². The molecule has 4 aliphatic heterocycles. The molecule has 55 heavy (non-hydrogen) atoms. The van der Waals surface area contributed by atoms with Gasteiger partial charge in [0.15, 0.2) is 5.78 Å². The lowest BCUT2D eigenvalue weighted by atomic mass is 9.88. The minimum atomic E-state index is -0.644. The number of hydrogen-bond acceptors (Lipinski definition) is 11. The number of carbonyl (C=O) groups is 4. The van der Waals surface area contributed by atoms with Crippen LogP contribution in [0, 0.1) is 5.92 Å². The molecule has 15 heteroatoms. The fourth-order valence-corrected chi connectivity index (χ4v) is 9.03. The van der Waals surface area contributed by atoms with E-state index in [1.807, 2.05) is 11.9 Å². The van der Waals surface area contributed by atoms with E-state index in [1.54, 1.807) is 23.4 Å². The molecule has 5 fully saturated rings. The van der Waals surface area contributed by atoms with Crippen molar-refractivity contribution in [3.63, 3.8) is 0 Å². The Labute approximate surface area is 320 Å². The summed E-state index contributed by atoms with van der Waals surface area (Å²) < 4.78 is 1.25. The first-order chi connectivity index (χ1) is 26.6. The first-order valence-corrected chi connectivity index (χ1v) is 19.7. The Morgan fingerprint density at radius 3 is 2.36 bits per heavy atom. The number of likely N-dealkylation sites (tertiary alicyclic amines) is 1. The normalized spacial score (nSPS) is 23.1. The number of likely N-dealkylation sites (N-methyl/N-ethyl adjacent to an activating group) is 1. The number of primary amides is 1. The molecule has 5 aliphatic rings. The van der Waals surface area contributed by atoms with Crippen molar-refractivity contribution < 1.29 is 19.2 Å². The Morgan fingerprint density at radius 1 is 0.891 bits per heavy atom. The molecule has 2 atom stereocenters. The third-order valence-corrected chi connectivity index (χ3v) is 12.3. The molecule has 8 rings (SSSR count). The quantitative estimate of drug-likeness (QED) is 0.302. The predicted octanol–water partition coefficient (Wildman–Crippen LogP) is 2.24. The summed E-state index contributed by atoms with van der Waals surface area (Å²) in [5, 5.41) is 4.34. The van der Waals surface area contributed by atoms with E-state index in [-0.39, 0.29) is 41.3 Å². The number of nitrogens with two attached hydrogens (primary N) is 1. The molecule has 1 aliphatic carbocycles. The number of nitrogens with zero attached hydrogens (tertiary/aromatic N) is 9. The summed E-state index contributed by atoms with van der Waals surface area (Å²) in [7, 11) is 1.84. The molecule has 15 nitrogen and oxygen atoms in total. The maximum absolute atomic E-state index is 12.9. The van der Waals surface area contributed by atoms with E-state index in [9.17, 15) is 24.0 Å². The van der Waals surface area contributed by atoms with E-state index in [0.717, 1.165) is 89.3 Å². The number of piperidine rings is 2. The zero-order valence-corrected chi connectivity index (χ0v) is 31.5. The van der Waals surface area contributed by atoms with E-state index >= 15 is 0 Å². The standard InChI is InChI=1S/C40H50N10O5/c1-45-15-16-49(40(45)55)30-3-2-12-48(25-30)36-21-42-38(39(41)54)33(44-36)17-26-4-6-28(7-5-26)29-23-46(24-29)22-27-10-13-47(14-11-27)31-18-37(53)50(43-20-31)34-9-8-32(51)19-35(34)52/h4-7,18,20-21,27,29-30,34H,2-3,8-17,19,22-25H2,1H3,(H2,41,54)/t30-,34?/m1/s1. The fourth-order valence-electron chi connectivity index (χ4n) is 9.03. The van der Waals surface area contributed by atoms with Gasteiger partial charge in [-0.15, -0.1) is 0 Å². The SMILES string of the molecule is CN1CCN([C@@H]2CCCN(c3cnc(C(N)=O)c(Cc4ccc(C5CN(CC6CCN(c7cnn(C8CCC(=O)CC8=O)c(=O)c7)CC6)C5)cc4)n3)C2)C1=O. The summed E-state index contributed by atoms with van der Waals surface area (Å²) in [5.74, 6) is 0.868. The van der Waals surface area contributed by atoms with Gasteiger partial charge in [-0.2, -0.15) is 5.10 Å². The van der Waals surface area contributed by atoms with E-state index in [1.165, 1.54) is 10.2 Å². The highest BCUT2D eigenvalue weighted by Crippen LogP contribution is 2.31. The third kappa shape index (κ3) is 7.84. The first kappa shape index (κ1) is 36.8. The van der Waals surface area contributed by atoms with E-state index in [0.29, 0.717) is 49.2 Å². The minimum Gasteiger partial charge on any atom is -0.370 e. The van der Waals surface area contributed by atoms with Crippen LogP contribution in [0.15, 0.2) is 47.5 Å². The van der Waals surface area contributed by atoms with Gasteiger partial charge in [-0.05, 0) is 49.1 Å². The van der Waals surface area contributed by atoms with Crippen LogP contribution in [0.1, 0.15) is 84.2 Å². The number of urea groups is 1. The number of Topliss-reactive ketones (excluding diaryl/α,β-unsaturated/α-hetero) is 2. The molecule has 0 bridgehead atoms. The van der Waals surface area contributed by atoms with Crippen LogP contribution in [0.3, 0.4) is 0 Å². The molecule has 3 aromatic rings. The largest absolute Gasteiger partial charge is 0.370 e. The fraction of sp³-hybridized carbons (Fsp3) is 0.550. The summed E-state index contributed by atoms with van der Waals surface area (Å²) in [6, 6.07) is 9.72. The third-order valence-electron chi connectivity index (χ3n) is 12.3. The maximum atomic E-state index is 12.9. The maximum Gasteiger partial charge on any atom is 0.320 e. The number of benzene rings is 1. The number of rotatable bonds is 10. The van der Waals surface area contributed by atoms with Crippen molar-refractivity contribution in [1.82, 2.24) is 34.4 Å². The first-order valence-electron chi connectivity index (χ1n) is 19.7. The topological polar surface area (TPSA) is 171 Å². The molecule has 3 amide bonds. The second-order valence-corrected chi connectivity index (χ2v) is 16.0. The summed E-state index contributed by atoms with van der Waals surface area (Å²) in [6.07, 6.45) is 8.26. The number of aromatic nitrogens is 4. The second-order valence-electron chi connectivity index (χ2n) is 16.0. The molecule has 6 heterocycles. The molecule has 2 N–H and O–H groups in total. The molecular weight excluding hydrogens is 701 g/mol. The number of amides is 3. The lowest BCUT2D eigenvalue weighted by Gasteiger charge is -2.43. The number of ketones is 2. The van der Waals surface area contributed by atoms with Crippen molar-refractivity contribution in [3.8, 4) is 0 Å². The highest BCUT2D eigenvalue weighted by Gasteiger charge is 2.36. The Morgan fingerprint density at radius 2 is 1.67 bits per heavy atom. The summed E-state index contributed by atoms with van der Waals surface area (Å²) in [5.41, 5.74) is 9.32. The van der Waals surface area contributed by atoms with Crippen molar-refractivity contribution >= 4 is 35.0 Å². The van der Waals surface area contributed by atoms with Crippen LogP contribution in [-0.4, -0.2) is 130 Å². The van der Waals surface area contributed by atoms with Gasteiger partial charge in [-0.25, -0.2) is 19.4 Å². The average Bonchev–Trinajstić information content (AvgIpc) is 3.51. The molecule has 0 radical (unpaired) electrons. The zero-order valence-electron chi connectivity index (χ0n) is 31.5. The van der Waals surface area contributed by atoms with Crippen LogP contribution in [0.4, 0.5) is 16.3 Å². The number of anilines is 2. The van der Waals surface area contributed by atoms with Crippen LogP contribution < -0.4 is 21.1 Å². The van der Waals surface area contributed by atoms with Crippen LogP contribution in [-0.2, 0) is 16.0 Å². The molecule has 2 aromatic heterocycles. The van der Waals surface area contributed by atoms with Crippen molar-refractivity contribution in [3.05, 3.63) is 75.6 Å². The highest BCUT2D eigenvalue weighted by molar-refractivity contribution is 6.03. The Kier molecular flexibility index (Phi) is 10.4. The highest BCUT2D eigenvalue weighted by atomic mass is 16.2. The van der Waals surface area contributed by atoms with Gasteiger partial charge in [-0.1, -0.05) is 24.3 Å². The zero-order chi connectivity index (χ0) is 38.2. The summed E-state index contributed by atoms with van der Waals surface area (Å²) in [4.78, 5) is 81.8. The van der Waals surface area contributed by atoms with Crippen molar-refractivity contribution in [2.24, 2.45) is 11.7 Å². The lowest BCUT2D eigenvalue weighted by molar-refractivity contribution is -0.132. The van der Waals surface area contributed by atoms with Crippen LogP contribution in [0.25, 0.3) is 0 Å². The van der Waals surface area contributed by atoms with E-state index < -0.39 is 11.9 Å². The van der Waals surface area contributed by atoms with Gasteiger partial charge < -0.3 is 30.2 Å². The van der Waals surface area contributed by atoms with E-state index in [2.05, 4.69) is 49.0 Å². The van der Waals surface area contributed by atoms with Crippen molar-refractivity contribution in [2.45, 2.75) is 69.4 Å². The van der Waals surface area contributed by atoms with Crippen molar-refractivity contribution in [2.75, 3.05) is 75.8 Å². The molecule has 290 valence electrons. The Hall–Kier alpha value is -5.18. The van der Waals surface area contributed by atoms with E-state index in [4.69, 9.17) is 10.7 Å².